The summed E-state index contributed by atoms with van der Waals surface area (Å²) in [6.45, 7) is 3.90. The van der Waals surface area contributed by atoms with Gasteiger partial charge in [-0.05, 0) is 25.0 Å². The Morgan fingerprint density at radius 3 is 1.97 bits per heavy atom. The van der Waals surface area contributed by atoms with Crippen LogP contribution in [-0.4, -0.2) is 37.1 Å². The van der Waals surface area contributed by atoms with Crippen molar-refractivity contribution in [1.29, 1.82) is 0 Å². The molecule has 31 heavy (non-hydrogen) atoms. The summed E-state index contributed by atoms with van der Waals surface area (Å²) in [5, 5.41) is 15.3. The van der Waals surface area contributed by atoms with E-state index in [0.29, 0.717) is 38.2 Å². The molecule has 0 radical (unpaired) electrons. The van der Waals surface area contributed by atoms with E-state index in [-0.39, 0.29) is 17.3 Å². The van der Waals surface area contributed by atoms with Gasteiger partial charge in [-0.1, -0.05) is 77.6 Å². The van der Waals surface area contributed by atoms with Crippen LogP contribution in [0.4, 0.5) is 4.79 Å². The van der Waals surface area contributed by atoms with Crippen molar-refractivity contribution in [2.75, 3.05) is 19.7 Å². The van der Waals surface area contributed by atoms with Crippen molar-refractivity contribution < 1.29 is 19.4 Å². The van der Waals surface area contributed by atoms with Crippen molar-refractivity contribution in [2.24, 2.45) is 0 Å². The number of hydrogen-bond donors (Lipinski definition) is 3. The highest BCUT2D eigenvalue weighted by atomic mass is 16.5. The van der Waals surface area contributed by atoms with E-state index in [9.17, 15) is 14.7 Å². The highest BCUT2D eigenvalue weighted by molar-refractivity contribution is 5.79. The van der Waals surface area contributed by atoms with E-state index in [2.05, 4.69) is 17.6 Å². The van der Waals surface area contributed by atoms with Crippen LogP contribution in [0.3, 0.4) is 0 Å². The number of phenols is 1. The Bertz CT molecular complexity index is 607. The molecule has 0 spiro atoms. The van der Waals surface area contributed by atoms with Gasteiger partial charge in [0, 0.05) is 19.2 Å². The molecule has 1 rings (SSSR count). The van der Waals surface area contributed by atoms with Crippen LogP contribution < -0.4 is 15.4 Å². The summed E-state index contributed by atoms with van der Waals surface area (Å²) in [5.74, 6) is 0.405. The van der Waals surface area contributed by atoms with Crippen molar-refractivity contribution in [3.05, 3.63) is 23.8 Å². The maximum absolute atomic E-state index is 11.8. The molecule has 0 unspecified atom stereocenters. The number of benzene rings is 1. The van der Waals surface area contributed by atoms with Crippen LogP contribution in [-0.2, 0) is 0 Å². The van der Waals surface area contributed by atoms with E-state index >= 15 is 0 Å². The summed E-state index contributed by atoms with van der Waals surface area (Å²) in [6.07, 6.45) is 17.0. The Labute approximate surface area is 188 Å². The minimum atomic E-state index is -0.143. The molecule has 6 heteroatoms. The molecule has 6 nitrogen and oxygen atoms in total. The maximum Gasteiger partial charge on any atom is 0.314 e. The zero-order valence-electron chi connectivity index (χ0n) is 19.3. The van der Waals surface area contributed by atoms with Gasteiger partial charge in [0.15, 0.2) is 6.29 Å². The first-order valence-corrected chi connectivity index (χ1v) is 12.1. The predicted molar refractivity (Wildman–Crippen MR) is 126 cm³/mol. The standard InChI is InChI=1S/C25H42N2O4/c1-2-3-4-5-6-7-8-9-10-11-12-13-17-26-25(30)27-18-14-19-31-23-16-15-22(21-28)24(29)20-23/h15-16,20-21,29H,2-14,17-19H2,1H3,(H2,26,27,30). The molecule has 0 saturated heterocycles. The molecular formula is C25H42N2O4. The maximum atomic E-state index is 11.8. The third kappa shape index (κ3) is 14.4. The van der Waals surface area contributed by atoms with Crippen LogP contribution in [0.1, 0.15) is 101 Å². The van der Waals surface area contributed by atoms with E-state index in [1.165, 1.54) is 82.8 Å². The summed E-state index contributed by atoms with van der Waals surface area (Å²) in [4.78, 5) is 22.4. The summed E-state index contributed by atoms with van der Waals surface area (Å²) in [6, 6.07) is 4.42. The number of rotatable bonds is 19. The normalized spacial score (nSPS) is 10.6. The zero-order valence-corrected chi connectivity index (χ0v) is 19.3. The highest BCUT2D eigenvalue weighted by Crippen LogP contribution is 2.22. The Morgan fingerprint density at radius 2 is 1.42 bits per heavy atom. The molecule has 0 heterocycles. The molecule has 3 N–H and O–H groups in total. The molecule has 0 bridgehead atoms. The third-order valence-electron chi connectivity index (χ3n) is 5.32. The molecule has 0 aliphatic carbocycles. The van der Waals surface area contributed by atoms with E-state index < -0.39 is 0 Å². The average Bonchev–Trinajstić information content (AvgIpc) is 2.77. The van der Waals surface area contributed by atoms with Crippen molar-refractivity contribution in [1.82, 2.24) is 10.6 Å². The van der Waals surface area contributed by atoms with Gasteiger partial charge in [0.1, 0.15) is 11.5 Å². The lowest BCUT2D eigenvalue weighted by atomic mass is 10.1. The smallest absolute Gasteiger partial charge is 0.314 e. The SMILES string of the molecule is CCCCCCCCCCCCCCNC(=O)NCCCOc1ccc(C=O)c(O)c1. The molecule has 176 valence electrons. The van der Waals surface area contributed by atoms with E-state index in [1.54, 1.807) is 6.07 Å². The number of hydrogen-bond acceptors (Lipinski definition) is 4. The molecule has 1 aromatic rings. The van der Waals surface area contributed by atoms with Crippen LogP contribution in [0.15, 0.2) is 18.2 Å². The molecule has 1 aromatic carbocycles. The average molecular weight is 435 g/mol. The Balaban J connectivity index is 1.86. The monoisotopic (exact) mass is 434 g/mol. The quantitative estimate of drug-likeness (QED) is 0.185. The van der Waals surface area contributed by atoms with Gasteiger partial charge >= 0.3 is 6.03 Å². The number of urea groups is 1. The molecule has 0 aromatic heterocycles. The van der Waals surface area contributed by atoms with Crippen LogP contribution in [0.25, 0.3) is 0 Å². The van der Waals surface area contributed by atoms with Crippen LogP contribution >= 0.6 is 0 Å². The second-order valence-corrected chi connectivity index (χ2v) is 8.11. The first kappa shape index (κ1) is 26.8. The van der Waals surface area contributed by atoms with Gasteiger partial charge in [-0.3, -0.25) is 4.79 Å². The molecule has 0 aliphatic rings. The van der Waals surface area contributed by atoms with Gasteiger partial charge in [-0.2, -0.15) is 0 Å². The molecule has 2 amide bonds. The fraction of sp³-hybridized carbons (Fsp3) is 0.680. The van der Waals surface area contributed by atoms with Gasteiger partial charge in [-0.15, -0.1) is 0 Å². The van der Waals surface area contributed by atoms with Crippen LogP contribution in [0.2, 0.25) is 0 Å². The van der Waals surface area contributed by atoms with Gasteiger partial charge in [0.25, 0.3) is 0 Å². The van der Waals surface area contributed by atoms with Crippen LogP contribution in [0, 0.1) is 0 Å². The Hall–Kier alpha value is -2.24. The molecular weight excluding hydrogens is 392 g/mol. The summed E-state index contributed by atoms with van der Waals surface area (Å²) in [7, 11) is 0. The Morgan fingerprint density at radius 1 is 0.871 bits per heavy atom. The molecule has 0 saturated carbocycles. The minimum absolute atomic E-state index is 0.0946. The lowest BCUT2D eigenvalue weighted by Gasteiger charge is -2.09. The number of aromatic hydroxyl groups is 1. The summed E-state index contributed by atoms with van der Waals surface area (Å²) < 4.78 is 5.50. The van der Waals surface area contributed by atoms with Crippen molar-refractivity contribution >= 4 is 12.3 Å². The molecule has 0 atom stereocenters. The fourth-order valence-corrected chi connectivity index (χ4v) is 3.41. The highest BCUT2D eigenvalue weighted by Gasteiger charge is 2.03. The fourth-order valence-electron chi connectivity index (χ4n) is 3.41. The van der Waals surface area contributed by atoms with Crippen LogP contribution in [0.5, 0.6) is 11.5 Å². The number of nitrogens with one attached hydrogen (secondary N) is 2. The summed E-state index contributed by atoms with van der Waals surface area (Å²) >= 11 is 0. The third-order valence-corrected chi connectivity index (χ3v) is 5.32. The number of aldehydes is 1. The number of carbonyl (C=O) groups excluding carboxylic acids is 2. The van der Waals surface area contributed by atoms with E-state index in [4.69, 9.17) is 4.74 Å². The first-order valence-electron chi connectivity index (χ1n) is 12.1. The van der Waals surface area contributed by atoms with Gasteiger partial charge in [-0.25, -0.2) is 4.79 Å². The summed E-state index contributed by atoms with van der Waals surface area (Å²) in [5.41, 5.74) is 0.235. The van der Waals surface area contributed by atoms with E-state index in [1.807, 2.05) is 0 Å². The first-order chi connectivity index (χ1) is 15.2. The number of amides is 2. The number of carbonyl (C=O) groups is 2. The van der Waals surface area contributed by atoms with Gasteiger partial charge in [0.05, 0.1) is 12.2 Å². The minimum Gasteiger partial charge on any atom is -0.507 e. The number of phenolic OH excluding ortho intramolecular Hbond substituents is 1. The predicted octanol–water partition coefficient (Wildman–Crippen LogP) is 5.97. The second-order valence-electron chi connectivity index (χ2n) is 8.11. The van der Waals surface area contributed by atoms with Gasteiger partial charge < -0.3 is 20.5 Å². The zero-order chi connectivity index (χ0) is 22.6. The number of ether oxygens (including phenoxy) is 1. The molecule has 0 fully saturated rings. The lowest BCUT2D eigenvalue weighted by Crippen LogP contribution is -2.36. The number of unbranched alkanes of at least 4 members (excludes halogenated alkanes) is 11. The van der Waals surface area contributed by atoms with Crippen molar-refractivity contribution in [3.8, 4) is 11.5 Å². The largest absolute Gasteiger partial charge is 0.507 e. The van der Waals surface area contributed by atoms with E-state index in [0.717, 1.165) is 6.42 Å². The van der Waals surface area contributed by atoms with Crippen molar-refractivity contribution in [3.63, 3.8) is 0 Å². The second kappa shape index (κ2) is 18.5. The topological polar surface area (TPSA) is 87.7 Å². The van der Waals surface area contributed by atoms with Crippen molar-refractivity contribution in [2.45, 2.75) is 90.4 Å². The lowest BCUT2D eigenvalue weighted by molar-refractivity contribution is 0.112. The molecule has 0 aliphatic heterocycles. The van der Waals surface area contributed by atoms with Gasteiger partial charge in [0.2, 0.25) is 0 Å². The Kier molecular flexibility index (Phi) is 16.0.